The fourth-order valence-corrected chi connectivity index (χ4v) is 5.24. The number of hydrogen-bond donors (Lipinski definition) is 2. The summed E-state index contributed by atoms with van der Waals surface area (Å²) in [4.78, 5) is 14.8. The molecule has 1 aliphatic heterocycles. The zero-order valence-corrected chi connectivity index (χ0v) is 16.3. The van der Waals surface area contributed by atoms with Crippen LogP contribution in [-0.4, -0.2) is 25.5 Å². The maximum absolute atomic E-state index is 12.8. The number of aryl methyl sites for hydroxylation is 1. The Morgan fingerprint density at radius 2 is 2.15 bits per heavy atom. The number of carbonyl (C=O) groups is 1. The largest absolute Gasteiger partial charge is 0.463 e. The fraction of sp³-hybridized carbons (Fsp3) is 0.350. The van der Waals surface area contributed by atoms with Crippen LogP contribution in [0.1, 0.15) is 39.9 Å². The van der Waals surface area contributed by atoms with Crippen LogP contribution in [0.4, 0.5) is 0 Å². The fourth-order valence-electron chi connectivity index (χ4n) is 3.71. The van der Waals surface area contributed by atoms with Crippen LogP contribution in [0.5, 0.6) is 0 Å². The van der Waals surface area contributed by atoms with Gasteiger partial charge in [0.15, 0.2) is 11.8 Å². The van der Waals surface area contributed by atoms with Gasteiger partial charge in [-0.1, -0.05) is 23.7 Å². The summed E-state index contributed by atoms with van der Waals surface area (Å²) in [5.74, 6) is 0.823. The number of halogens is 1. The van der Waals surface area contributed by atoms with Crippen molar-refractivity contribution in [3.8, 4) is 0 Å². The number of hydrogen-bond acceptors (Lipinski definition) is 3. The average molecular weight is 390 g/mol. The smallest absolute Gasteiger partial charge is 0.263 e. The normalized spacial score (nSPS) is 16.2. The molecule has 0 bridgehead atoms. The Labute approximate surface area is 161 Å². The summed E-state index contributed by atoms with van der Waals surface area (Å²) in [7, 11) is 0. The second-order valence-electron chi connectivity index (χ2n) is 6.89. The van der Waals surface area contributed by atoms with Crippen LogP contribution in [0.15, 0.2) is 41.0 Å². The van der Waals surface area contributed by atoms with Crippen molar-refractivity contribution < 1.29 is 14.1 Å². The number of nitrogens with one attached hydrogen (secondary N) is 2. The first-order valence-corrected chi connectivity index (χ1v) is 10.2. The van der Waals surface area contributed by atoms with Gasteiger partial charge in [0.25, 0.3) is 5.91 Å². The molecular formula is C20H22ClN2O2S+. The second kappa shape index (κ2) is 7.43. The monoisotopic (exact) mass is 389 g/mol. The Morgan fingerprint density at radius 3 is 2.88 bits per heavy atom. The van der Waals surface area contributed by atoms with Gasteiger partial charge in [-0.05, 0) is 30.7 Å². The van der Waals surface area contributed by atoms with E-state index in [9.17, 15) is 4.79 Å². The molecule has 1 fully saturated rings. The zero-order valence-electron chi connectivity index (χ0n) is 14.7. The number of quaternary nitrogens is 1. The van der Waals surface area contributed by atoms with Gasteiger partial charge in [-0.15, -0.1) is 11.3 Å². The molecule has 0 aliphatic carbocycles. The van der Waals surface area contributed by atoms with Crippen LogP contribution in [-0.2, 0) is 0 Å². The molecule has 26 heavy (non-hydrogen) atoms. The summed E-state index contributed by atoms with van der Waals surface area (Å²) in [6.45, 7) is 4.82. The lowest BCUT2D eigenvalue weighted by atomic mass is 10.2. The van der Waals surface area contributed by atoms with E-state index in [1.807, 2.05) is 31.2 Å². The third-order valence-corrected chi connectivity index (χ3v) is 6.74. The van der Waals surface area contributed by atoms with Crippen molar-refractivity contribution in [2.45, 2.75) is 25.8 Å². The van der Waals surface area contributed by atoms with Crippen LogP contribution < -0.4 is 10.2 Å². The molecule has 0 radical (unpaired) electrons. The molecule has 136 valence electrons. The quantitative estimate of drug-likeness (QED) is 0.700. The van der Waals surface area contributed by atoms with E-state index in [1.54, 1.807) is 6.26 Å². The highest BCUT2D eigenvalue weighted by Crippen LogP contribution is 2.35. The van der Waals surface area contributed by atoms with Gasteiger partial charge in [0.05, 0.1) is 30.9 Å². The number of likely N-dealkylation sites (tertiary alicyclic amines) is 1. The number of benzene rings is 1. The van der Waals surface area contributed by atoms with Crippen LogP contribution in [0.2, 0.25) is 5.02 Å². The van der Waals surface area contributed by atoms with Gasteiger partial charge < -0.3 is 14.6 Å². The maximum Gasteiger partial charge on any atom is 0.263 e. The van der Waals surface area contributed by atoms with Crippen molar-refractivity contribution in [1.82, 2.24) is 5.32 Å². The molecule has 3 heterocycles. The molecular weight excluding hydrogens is 368 g/mol. The Hall–Kier alpha value is -1.82. The third kappa shape index (κ3) is 3.39. The lowest BCUT2D eigenvalue weighted by molar-refractivity contribution is -0.919. The van der Waals surface area contributed by atoms with E-state index < -0.39 is 0 Å². The summed E-state index contributed by atoms with van der Waals surface area (Å²) < 4.78 is 6.68. The van der Waals surface area contributed by atoms with Gasteiger partial charge in [-0.2, -0.15) is 0 Å². The van der Waals surface area contributed by atoms with Crippen molar-refractivity contribution >= 4 is 38.9 Å². The molecule has 2 N–H and O–H groups in total. The van der Waals surface area contributed by atoms with Crippen molar-refractivity contribution in [3.05, 3.63) is 57.8 Å². The molecule has 3 aromatic rings. The summed E-state index contributed by atoms with van der Waals surface area (Å²) in [6.07, 6.45) is 4.15. The van der Waals surface area contributed by atoms with E-state index in [0.29, 0.717) is 16.4 Å². The lowest BCUT2D eigenvalue weighted by Crippen LogP contribution is -3.11. The summed E-state index contributed by atoms with van der Waals surface area (Å²) >= 11 is 7.93. The van der Waals surface area contributed by atoms with E-state index in [-0.39, 0.29) is 11.9 Å². The molecule has 0 unspecified atom stereocenters. The third-order valence-electron chi connectivity index (χ3n) is 5.08. The molecule has 0 saturated carbocycles. The number of thiophene rings is 1. The van der Waals surface area contributed by atoms with Crippen LogP contribution in [0, 0.1) is 6.92 Å². The van der Waals surface area contributed by atoms with Gasteiger partial charge in [-0.3, -0.25) is 4.79 Å². The van der Waals surface area contributed by atoms with E-state index in [2.05, 4.69) is 11.4 Å². The molecule has 1 amide bonds. The lowest BCUT2D eigenvalue weighted by Gasteiger charge is -2.23. The minimum Gasteiger partial charge on any atom is -0.463 e. The highest BCUT2D eigenvalue weighted by Gasteiger charge is 2.30. The second-order valence-corrected chi connectivity index (χ2v) is 8.32. The minimum atomic E-state index is -0.107. The van der Waals surface area contributed by atoms with Crippen LogP contribution >= 0.6 is 22.9 Å². The van der Waals surface area contributed by atoms with Crippen molar-refractivity contribution in [3.63, 3.8) is 0 Å². The van der Waals surface area contributed by atoms with Crippen molar-refractivity contribution in [1.29, 1.82) is 0 Å². The van der Waals surface area contributed by atoms with E-state index in [1.165, 1.54) is 29.1 Å². The van der Waals surface area contributed by atoms with Gasteiger partial charge in [0.1, 0.15) is 4.88 Å². The summed E-state index contributed by atoms with van der Waals surface area (Å²) in [6, 6.07) is 10.1. The molecule has 0 spiro atoms. The molecule has 2 aromatic heterocycles. The number of furan rings is 1. The van der Waals surface area contributed by atoms with Gasteiger partial charge in [0.2, 0.25) is 0 Å². The predicted octanol–water partition coefficient (Wildman–Crippen LogP) is 3.61. The van der Waals surface area contributed by atoms with Crippen molar-refractivity contribution in [2.75, 3.05) is 19.6 Å². The first-order valence-electron chi connectivity index (χ1n) is 8.98. The molecule has 1 aliphatic rings. The molecule has 1 aromatic carbocycles. The van der Waals surface area contributed by atoms with Gasteiger partial charge >= 0.3 is 0 Å². The Balaban J connectivity index is 1.53. The zero-order chi connectivity index (χ0) is 18.1. The average Bonchev–Trinajstić information content (AvgIpc) is 3.37. The number of amides is 1. The summed E-state index contributed by atoms with van der Waals surface area (Å²) in [5.41, 5.74) is 1.16. The van der Waals surface area contributed by atoms with Crippen molar-refractivity contribution in [2.24, 2.45) is 0 Å². The van der Waals surface area contributed by atoms with E-state index in [0.717, 1.165) is 34.5 Å². The van der Waals surface area contributed by atoms with Gasteiger partial charge in [-0.25, -0.2) is 0 Å². The summed E-state index contributed by atoms with van der Waals surface area (Å²) in [5, 5.41) is 4.58. The van der Waals surface area contributed by atoms with E-state index >= 15 is 0 Å². The minimum absolute atomic E-state index is 0.107. The highest BCUT2D eigenvalue weighted by atomic mass is 35.5. The number of carbonyl (C=O) groups excluding carboxylic acids is 1. The van der Waals surface area contributed by atoms with Gasteiger partial charge in [0, 0.05) is 22.9 Å². The predicted molar refractivity (Wildman–Crippen MR) is 105 cm³/mol. The first-order chi connectivity index (χ1) is 12.6. The molecule has 1 saturated heterocycles. The highest BCUT2D eigenvalue weighted by molar-refractivity contribution is 7.21. The molecule has 4 rings (SSSR count). The molecule has 6 heteroatoms. The first kappa shape index (κ1) is 17.6. The Morgan fingerprint density at radius 1 is 1.35 bits per heavy atom. The Bertz CT molecular complexity index is 913. The maximum atomic E-state index is 12.8. The van der Waals surface area contributed by atoms with E-state index in [4.69, 9.17) is 16.0 Å². The Kier molecular flexibility index (Phi) is 5.02. The standard InChI is InChI=1S/C20H21ClN2O2S/c1-13-6-7-14-17(11-13)26-19(18(14)21)20(24)22-12-15(16-5-4-10-25-16)23-8-2-3-9-23/h4-7,10-11,15H,2-3,8-9,12H2,1H3,(H,22,24)/p+1/t15-/m0/s1. The topological polar surface area (TPSA) is 46.7 Å². The number of rotatable bonds is 5. The SMILES string of the molecule is Cc1ccc2c(Cl)c(C(=O)NC[C@@H](c3ccco3)[NH+]3CCCC3)sc2c1. The van der Waals surface area contributed by atoms with Crippen LogP contribution in [0.3, 0.4) is 0 Å². The van der Waals surface area contributed by atoms with Crippen LogP contribution in [0.25, 0.3) is 10.1 Å². The number of fused-ring (bicyclic) bond motifs is 1. The molecule has 4 nitrogen and oxygen atoms in total. The molecule has 1 atom stereocenters.